The van der Waals surface area contributed by atoms with Gasteiger partial charge in [0.25, 0.3) is 0 Å². The van der Waals surface area contributed by atoms with Crippen molar-refractivity contribution in [2.75, 3.05) is 18.2 Å². The summed E-state index contributed by atoms with van der Waals surface area (Å²) in [6, 6.07) is 16.2. The van der Waals surface area contributed by atoms with Crippen LogP contribution in [0.25, 0.3) is 0 Å². The maximum absolute atomic E-state index is 12.6. The average molecular weight is 441 g/mol. The van der Waals surface area contributed by atoms with Gasteiger partial charge in [-0.25, -0.2) is 0 Å². The third kappa shape index (κ3) is 5.31. The number of aryl methyl sites for hydroxylation is 1. The Morgan fingerprint density at radius 1 is 1.20 bits per heavy atom. The fourth-order valence-electron chi connectivity index (χ4n) is 3.20. The highest BCUT2D eigenvalue weighted by molar-refractivity contribution is 8.01. The molecule has 0 aliphatic heterocycles. The fraction of sp³-hybridized carbons (Fsp3) is 0.318. The Hall–Kier alpha value is -2.58. The van der Waals surface area contributed by atoms with Crippen LogP contribution in [0.2, 0.25) is 0 Å². The van der Waals surface area contributed by atoms with E-state index in [2.05, 4.69) is 52.0 Å². The van der Waals surface area contributed by atoms with Crippen LogP contribution in [0.4, 0.5) is 10.8 Å². The molecule has 0 radical (unpaired) electrons. The number of aromatic nitrogens is 2. The van der Waals surface area contributed by atoms with Crippen LogP contribution >= 0.6 is 23.1 Å². The first-order valence-electron chi connectivity index (χ1n) is 9.84. The van der Waals surface area contributed by atoms with Crippen LogP contribution in [0.3, 0.4) is 0 Å². The molecular weight excluding hydrogens is 416 g/mol. The summed E-state index contributed by atoms with van der Waals surface area (Å²) in [5.41, 5.74) is 3.24. The van der Waals surface area contributed by atoms with Gasteiger partial charge in [-0.05, 0) is 43.4 Å². The standard InChI is InChI=1S/C22H24N4O2S2/c1-14-7-9-15(10-8-14)20(16-11-12-16)24-19(27)13-29-22-26-25-21(30-22)23-17-5-3-4-6-18(17)28-2/h3-10,16,20H,11-13H2,1-2H3,(H,23,25)(H,24,27). The highest BCUT2D eigenvalue weighted by Crippen LogP contribution is 2.41. The van der Waals surface area contributed by atoms with E-state index in [1.807, 2.05) is 24.3 Å². The number of carbonyl (C=O) groups excluding carboxylic acids is 1. The maximum atomic E-state index is 12.6. The highest BCUT2D eigenvalue weighted by atomic mass is 32.2. The van der Waals surface area contributed by atoms with Crippen molar-refractivity contribution in [1.29, 1.82) is 0 Å². The van der Waals surface area contributed by atoms with E-state index in [9.17, 15) is 4.79 Å². The molecule has 1 saturated carbocycles. The van der Waals surface area contributed by atoms with Crippen LogP contribution in [0, 0.1) is 12.8 Å². The summed E-state index contributed by atoms with van der Waals surface area (Å²) < 4.78 is 6.09. The summed E-state index contributed by atoms with van der Waals surface area (Å²) in [5.74, 6) is 1.62. The Morgan fingerprint density at radius 3 is 2.70 bits per heavy atom. The SMILES string of the molecule is COc1ccccc1Nc1nnc(SCC(=O)NC(c2ccc(C)cc2)C2CC2)s1. The summed E-state index contributed by atoms with van der Waals surface area (Å²) in [6.45, 7) is 2.07. The molecule has 4 rings (SSSR count). The zero-order valence-electron chi connectivity index (χ0n) is 16.9. The van der Waals surface area contributed by atoms with Gasteiger partial charge in [-0.2, -0.15) is 0 Å². The molecule has 8 heteroatoms. The zero-order chi connectivity index (χ0) is 20.9. The largest absolute Gasteiger partial charge is 0.495 e. The van der Waals surface area contributed by atoms with Crippen molar-refractivity contribution >= 4 is 39.8 Å². The van der Waals surface area contributed by atoms with E-state index < -0.39 is 0 Å². The van der Waals surface area contributed by atoms with Crippen LogP contribution in [-0.2, 0) is 4.79 Å². The topological polar surface area (TPSA) is 76.1 Å². The molecule has 3 aromatic rings. The first-order valence-corrected chi connectivity index (χ1v) is 11.6. The van der Waals surface area contributed by atoms with Gasteiger partial charge in [-0.3, -0.25) is 4.79 Å². The number of thioether (sulfide) groups is 1. The molecule has 2 N–H and O–H groups in total. The van der Waals surface area contributed by atoms with E-state index >= 15 is 0 Å². The number of methoxy groups -OCH3 is 1. The molecule has 1 aromatic heterocycles. The molecule has 1 aliphatic carbocycles. The smallest absolute Gasteiger partial charge is 0.230 e. The second-order valence-corrected chi connectivity index (χ2v) is 9.48. The number of nitrogens with zero attached hydrogens (tertiary/aromatic N) is 2. The number of para-hydroxylation sites is 2. The first-order chi connectivity index (χ1) is 14.6. The van der Waals surface area contributed by atoms with E-state index in [0.717, 1.165) is 15.8 Å². The summed E-state index contributed by atoms with van der Waals surface area (Å²) >= 11 is 2.82. The summed E-state index contributed by atoms with van der Waals surface area (Å²) in [5, 5.41) is 15.4. The van der Waals surface area contributed by atoms with Crippen molar-refractivity contribution in [3.63, 3.8) is 0 Å². The first kappa shape index (κ1) is 20.7. The van der Waals surface area contributed by atoms with Gasteiger partial charge in [0.2, 0.25) is 11.0 Å². The molecule has 2 aromatic carbocycles. The molecule has 1 aliphatic rings. The lowest BCUT2D eigenvalue weighted by atomic mass is 10.0. The molecule has 156 valence electrons. The summed E-state index contributed by atoms with van der Waals surface area (Å²) in [7, 11) is 1.63. The normalized spacial score (nSPS) is 14.2. The number of benzene rings is 2. The number of ether oxygens (including phenoxy) is 1. The Kier molecular flexibility index (Phi) is 6.54. The van der Waals surface area contributed by atoms with Crippen molar-refractivity contribution in [2.45, 2.75) is 30.1 Å². The summed E-state index contributed by atoms with van der Waals surface area (Å²) in [4.78, 5) is 12.6. The fourth-order valence-corrected chi connectivity index (χ4v) is 4.78. The number of hydrogen-bond acceptors (Lipinski definition) is 7. The van der Waals surface area contributed by atoms with E-state index in [4.69, 9.17) is 4.74 Å². The molecular formula is C22H24N4O2S2. The monoisotopic (exact) mass is 440 g/mol. The van der Waals surface area contributed by atoms with Gasteiger partial charge < -0.3 is 15.4 Å². The number of rotatable bonds is 9. The van der Waals surface area contributed by atoms with Gasteiger partial charge in [0.15, 0.2) is 4.34 Å². The maximum Gasteiger partial charge on any atom is 0.230 e. The highest BCUT2D eigenvalue weighted by Gasteiger charge is 2.33. The molecule has 1 heterocycles. The van der Waals surface area contributed by atoms with Gasteiger partial charge in [0, 0.05) is 0 Å². The van der Waals surface area contributed by atoms with Crippen LogP contribution in [0.1, 0.15) is 30.0 Å². The van der Waals surface area contributed by atoms with Crippen LogP contribution in [0.5, 0.6) is 5.75 Å². The predicted molar refractivity (Wildman–Crippen MR) is 122 cm³/mol. The van der Waals surface area contributed by atoms with Gasteiger partial charge in [0.05, 0.1) is 24.6 Å². The lowest BCUT2D eigenvalue weighted by Crippen LogP contribution is -2.31. The minimum Gasteiger partial charge on any atom is -0.495 e. The molecule has 1 atom stereocenters. The number of amides is 1. The lowest BCUT2D eigenvalue weighted by molar-refractivity contribution is -0.119. The van der Waals surface area contributed by atoms with Crippen LogP contribution in [-0.4, -0.2) is 29.0 Å². The number of anilines is 2. The van der Waals surface area contributed by atoms with Crippen molar-refractivity contribution in [3.8, 4) is 5.75 Å². The van der Waals surface area contributed by atoms with E-state index in [-0.39, 0.29) is 11.9 Å². The predicted octanol–water partition coefficient (Wildman–Crippen LogP) is 4.96. The van der Waals surface area contributed by atoms with Gasteiger partial charge >= 0.3 is 0 Å². The number of hydrogen-bond donors (Lipinski definition) is 2. The van der Waals surface area contributed by atoms with Crippen molar-refractivity contribution in [3.05, 3.63) is 59.7 Å². The molecule has 30 heavy (non-hydrogen) atoms. The third-order valence-electron chi connectivity index (χ3n) is 4.93. The van der Waals surface area contributed by atoms with E-state index in [0.29, 0.717) is 16.8 Å². The Morgan fingerprint density at radius 2 is 1.97 bits per heavy atom. The molecule has 0 spiro atoms. The Bertz CT molecular complexity index is 1000. The third-order valence-corrected chi connectivity index (χ3v) is 6.90. The quantitative estimate of drug-likeness (QED) is 0.458. The van der Waals surface area contributed by atoms with Crippen molar-refractivity contribution < 1.29 is 9.53 Å². The molecule has 6 nitrogen and oxygen atoms in total. The Balaban J connectivity index is 1.32. The molecule has 0 bridgehead atoms. The molecule has 1 unspecified atom stereocenters. The molecule has 0 saturated heterocycles. The van der Waals surface area contributed by atoms with Crippen LogP contribution < -0.4 is 15.4 Å². The van der Waals surface area contributed by atoms with Crippen LogP contribution in [0.15, 0.2) is 52.9 Å². The molecule has 1 amide bonds. The number of nitrogens with one attached hydrogen (secondary N) is 2. The summed E-state index contributed by atoms with van der Waals surface area (Å²) in [6.07, 6.45) is 2.33. The average Bonchev–Trinajstić information content (AvgIpc) is 3.51. The minimum atomic E-state index is 0.0203. The van der Waals surface area contributed by atoms with Crippen molar-refractivity contribution in [2.24, 2.45) is 5.92 Å². The minimum absolute atomic E-state index is 0.0203. The van der Waals surface area contributed by atoms with Gasteiger partial charge in [-0.15, -0.1) is 10.2 Å². The van der Waals surface area contributed by atoms with E-state index in [1.165, 1.54) is 47.1 Å². The lowest BCUT2D eigenvalue weighted by Gasteiger charge is -2.18. The van der Waals surface area contributed by atoms with Gasteiger partial charge in [0.1, 0.15) is 5.75 Å². The van der Waals surface area contributed by atoms with Gasteiger partial charge in [-0.1, -0.05) is 65.1 Å². The molecule has 1 fully saturated rings. The second kappa shape index (κ2) is 9.49. The van der Waals surface area contributed by atoms with Crippen molar-refractivity contribution in [1.82, 2.24) is 15.5 Å². The number of carbonyl (C=O) groups is 1. The second-order valence-electron chi connectivity index (χ2n) is 7.28. The zero-order valence-corrected chi connectivity index (χ0v) is 18.6. The Labute approximate surface area is 184 Å². The van der Waals surface area contributed by atoms with E-state index in [1.54, 1.807) is 7.11 Å².